The van der Waals surface area contributed by atoms with Crippen LogP contribution in [0.3, 0.4) is 0 Å². The molecule has 4 rings (SSSR count). The Bertz CT molecular complexity index is 1250. The van der Waals surface area contributed by atoms with Crippen LogP contribution in [0.1, 0.15) is 21.8 Å². The Morgan fingerprint density at radius 1 is 0.833 bits per heavy atom. The first kappa shape index (κ1) is 24.8. The third-order valence-electron chi connectivity index (χ3n) is 5.81. The molecule has 8 nitrogen and oxygen atoms in total. The Balaban J connectivity index is 1.50. The zero-order chi connectivity index (χ0) is 25.3. The van der Waals surface area contributed by atoms with Gasteiger partial charge in [0.05, 0.1) is 21.3 Å². The second kappa shape index (κ2) is 11.9. The molecule has 8 heteroatoms. The molecule has 36 heavy (non-hydrogen) atoms. The van der Waals surface area contributed by atoms with Gasteiger partial charge in [-0.15, -0.1) is 0 Å². The van der Waals surface area contributed by atoms with Gasteiger partial charge in [-0.1, -0.05) is 53.7 Å². The van der Waals surface area contributed by atoms with Gasteiger partial charge in [0.15, 0.2) is 11.5 Å². The minimum Gasteiger partial charge on any atom is -0.493 e. The van der Waals surface area contributed by atoms with Gasteiger partial charge in [-0.2, -0.15) is 4.98 Å². The first-order valence-corrected chi connectivity index (χ1v) is 11.6. The van der Waals surface area contributed by atoms with Gasteiger partial charge >= 0.3 is 0 Å². The number of methoxy groups -OCH3 is 3. The molecule has 0 radical (unpaired) electrons. The van der Waals surface area contributed by atoms with E-state index in [9.17, 15) is 4.79 Å². The SMILES string of the molecule is COc1cc(-c2noc(CCN(CCc3ccccc3)C(=O)c3ccccc3)n2)cc(OC)c1OC. The summed E-state index contributed by atoms with van der Waals surface area (Å²) in [5, 5.41) is 4.13. The molecular weight excluding hydrogens is 458 g/mol. The van der Waals surface area contributed by atoms with E-state index in [0.29, 0.717) is 59.6 Å². The molecule has 0 aliphatic rings. The number of hydrogen-bond donors (Lipinski definition) is 0. The van der Waals surface area contributed by atoms with Crippen LogP contribution in [0.25, 0.3) is 11.4 Å². The van der Waals surface area contributed by atoms with Gasteiger partial charge in [0.2, 0.25) is 17.5 Å². The average molecular weight is 488 g/mol. The van der Waals surface area contributed by atoms with Gasteiger partial charge in [0, 0.05) is 30.6 Å². The zero-order valence-corrected chi connectivity index (χ0v) is 20.6. The van der Waals surface area contributed by atoms with E-state index in [-0.39, 0.29) is 5.91 Å². The van der Waals surface area contributed by atoms with Gasteiger partial charge < -0.3 is 23.6 Å². The number of carbonyl (C=O) groups excluding carboxylic acids is 1. The highest BCUT2D eigenvalue weighted by molar-refractivity contribution is 5.94. The van der Waals surface area contributed by atoms with Crippen molar-refractivity contribution in [1.82, 2.24) is 15.0 Å². The number of benzene rings is 3. The van der Waals surface area contributed by atoms with Crippen molar-refractivity contribution in [3.63, 3.8) is 0 Å². The summed E-state index contributed by atoms with van der Waals surface area (Å²) in [6.07, 6.45) is 1.17. The van der Waals surface area contributed by atoms with Crippen LogP contribution >= 0.6 is 0 Å². The summed E-state index contributed by atoms with van der Waals surface area (Å²) < 4.78 is 21.7. The molecule has 0 atom stereocenters. The molecule has 4 aromatic rings. The fraction of sp³-hybridized carbons (Fsp3) is 0.250. The molecule has 0 saturated heterocycles. The van der Waals surface area contributed by atoms with Crippen molar-refractivity contribution in [2.75, 3.05) is 34.4 Å². The number of aromatic nitrogens is 2. The molecule has 0 saturated carbocycles. The lowest BCUT2D eigenvalue weighted by molar-refractivity contribution is 0.0756. The largest absolute Gasteiger partial charge is 0.493 e. The highest BCUT2D eigenvalue weighted by atomic mass is 16.5. The van der Waals surface area contributed by atoms with Crippen molar-refractivity contribution < 1.29 is 23.5 Å². The standard InChI is InChI=1S/C28H29N3O5/c1-33-23-18-22(19-24(34-2)26(23)35-3)27-29-25(36-30-27)15-17-31(16-14-20-10-6-4-7-11-20)28(32)21-12-8-5-9-13-21/h4-13,18-19H,14-17H2,1-3H3. The summed E-state index contributed by atoms with van der Waals surface area (Å²) >= 11 is 0. The van der Waals surface area contributed by atoms with Crippen molar-refractivity contribution in [3.8, 4) is 28.6 Å². The van der Waals surface area contributed by atoms with Gasteiger partial charge in [-0.05, 0) is 36.2 Å². The number of carbonyl (C=O) groups is 1. The summed E-state index contributed by atoms with van der Waals surface area (Å²) in [6, 6.07) is 22.9. The topological polar surface area (TPSA) is 86.9 Å². The molecule has 1 amide bonds. The summed E-state index contributed by atoms with van der Waals surface area (Å²) in [5.74, 6) is 2.29. The first-order valence-electron chi connectivity index (χ1n) is 11.6. The molecular formula is C28H29N3O5. The first-order chi connectivity index (χ1) is 17.6. The lowest BCUT2D eigenvalue weighted by Crippen LogP contribution is -2.34. The van der Waals surface area contributed by atoms with E-state index in [0.717, 1.165) is 6.42 Å². The van der Waals surface area contributed by atoms with Crippen LogP contribution in [0, 0.1) is 0 Å². The Labute approximate surface area is 210 Å². The van der Waals surface area contributed by atoms with Crippen molar-refractivity contribution >= 4 is 5.91 Å². The highest BCUT2D eigenvalue weighted by Crippen LogP contribution is 2.40. The summed E-state index contributed by atoms with van der Waals surface area (Å²) in [5.41, 5.74) is 2.49. The van der Waals surface area contributed by atoms with E-state index in [4.69, 9.17) is 18.7 Å². The smallest absolute Gasteiger partial charge is 0.253 e. The van der Waals surface area contributed by atoms with Crippen molar-refractivity contribution in [2.45, 2.75) is 12.8 Å². The molecule has 0 fully saturated rings. The summed E-state index contributed by atoms with van der Waals surface area (Å²) in [7, 11) is 4.65. The van der Waals surface area contributed by atoms with Crippen LogP contribution < -0.4 is 14.2 Å². The number of ether oxygens (including phenoxy) is 3. The normalized spacial score (nSPS) is 10.6. The number of amides is 1. The maximum atomic E-state index is 13.2. The average Bonchev–Trinajstić information content (AvgIpc) is 3.42. The third-order valence-corrected chi connectivity index (χ3v) is 5.81. The van der Waals surface area contributed by atoms with E-state index in [2.05, 4.69) is 22.3 Å². The molecule has 0 bridgehead atoms. The maximum absolute atomic E-state index is 13.2. The molecule has 0 aliphatic heterocycles. The van der Waals surface area contributed by atoms with Crippen molar-refractivity contribution in [1.29, 1.82) is 0 Å². The predicted octanol–water partition coefficient (Wildman–Crippen LogP) is 4.69. The van der Waals surface area contributed by atoms with Crippen molar-refractivity contribution in [3.05, 3.63) is 89.8 Å². The predicted molar refractivity (Wildman–Crippen MR) is 136 cm³/mol. The van der Waals surface area contributed by atoms with E-state index in [1.165, 1.54) is 5.56 Å². The maximum Gasteiger partial charge on any atom is 0.253 e. The lowest BCUT2D eigenvalue weighted by Gasteiger charge is -2.22. The minimum atomic E-state index is -0.0316. The number of hydrogen-bond acceptors (Lipinski definition) is 7. The summed E-state index contributed by atoms with van der Waals surface area (Å²) in [4.78, 5) is 19.6. The molecule has 186 valence electrons. The Kier molecular flexibility index (Phi) is 8.18. The number of nitrogens with zero attached hydrogens (tertiary/aromatic N) is 3. The molecule has 0 N–H and O–H groups in total. The fourth-order valence-electron chi connectivity index (χ4n) is 3.90. The second-order valence-electron chi connectivity index (χ2n) is 8.07. The minimum absolute atomic E-state index is 0.0316. The van der Waals surface area contributed by atoms with E-state index < -0.39 is 0 Å². The van der Waals surface area contributed by atoms with Crippen LogP contribution in [-0.2, 0) is 12.8 Å². The Morgan fingerprint density at radius 3 is 2.06 bits per heavy atom. The van der Waals surface area contributed by atoms with E-state index >= 15 is 0 Å². The van der Waals surface area contributed by atoms with E-state index in [1.54, 1.807) is 33.5 Å². The van der Waals surface area contributed by atoms with Gasteiger partial charge in [-0.3, -0.25) is 4.79 Å². The lowest BCUT2D eigenvalue weighted by atomic mass is 10.1. The zero-order valence-electron chi connectivity index (χ0n) is 20.6. The van der Waals surface area contributed by atoms with Gasteiger partial charge in [0.1, 0.15) is 0 Å². The fourth-order valence-corrected chi connectivity index (χ4v) is 3.90. The second-order valence-corrected chi connectivity index (χ2v) is 8.07. The number of rotatable bonds is 11. The van der Waals surface area contributed by atoms with Crippen LogP contribution in [0.15, 0.2) is 77.3 Å². The summed E-state index contributed by atoms with van der Waals surface area (Å²) in [6.45, 7) is 1.02. The monoisotopic (exact) mass is 487 g/mol. The van der Waals surface area contributed by atoms with Crippen LogP contribution in [0.5, 0.6) is 17.2 Å². The molecule has 1 aromatic heterocycles. The van der Waals surface area contributed by atoms with Crippen molar-refractivity contribution in [2.24, 2.45) is 0 Å². The highest BCUT2D eigenvalue weighted by Gasteiger charge is 2.20. The Hall–Kier alpha value is -4.33. The molecule has 3 aromatic carbocycles. The van der Waals surface area contributed by atoms with Gasteiger partial charge in [0.25, 0.3) is 5.91 Å². The van der Waals surface area contributed by atoms with Crippen LogP contribution in [0.4, 0.5) is 0 Å². The Morgan fingerprint density at radius 2 is 1.44 bits per heavy atom. The quantitative estimate of drug-likeness (QED) is 0.303. The van der Waals surface area contributed by atoms with Crippen LogP contribution in [-0.4, -0.2) is 55.4 Å². The van der Waals surface area contributed by atoms with E-state index in [1.807, 2.05) is 53.4 Å². The molecule has 1 heterocycles. The molecule has 0 aliphatic carbocycles. The van der Waals surface area contributed by atoms with Gasteiger partial charge in [-0.25, -0.2) is 0 Å². The molecule has 0 spiro atoms. The third kappa shape index (κ3) is 5.83. The molecule has 0 unspecified atom stereocenters. The van der Waals surface area contributed by atoms with Crippen LogP contribution in [0.2, 0.25) is 0 Å².